The van der Waals surface area contributed by atoms with Crippen LogP contribution >= 0.6 is 0 Å². The van der Waals surface area contributed by atoms with Crippen molar-refractivity contribution in [2.24, 2.45) is 11.8 Å². The molecule has 4 nitrogen and oxygen atoms in total. The Balaban J connectivity index is -0.000000372. The van der Waals surface area contributed by atoms with Gasteiger partial charge in [0.05, 0.1) is 0 Å². The van der Waals surface area contributed by atoms with E-state index in [9.17, 15) is 19.8 Å². The maximum Gasteiger partial charge on any atom is 2.00 e. The van der Waals surface area contributed by atoms with Crippen LogP contribution in [0.5, 0.6) is 0 Å². The van der Waals surface area contributed by atoms with E-state index in [0.29, 0.717) is 0 Å². The van der Waals surface area contributed by atoms with Gasteiger partial charge in [0.2, 0.25) is 0 Å². The second-order valence-corrected chi connectivity index (χ2v) is 6.85. The minimum absolute atomic E-state index is 0. The predicted octanol–water partition coefficient (Wildman–Crippen LogP) is 3.46. The Morgan fingerprint density at radius 3 is 1.16 bits per heavy atom. The molecule has 2 atom stereocenters. The van der Waals surface area contributed by atoms with Crippen LogP contribution in [0.2, 0.25) is 0 Å². The summed E-state index contributed by atoms with van der Waals surface area (Å²) in [6.45, 7) is 7.78. The monoisotopic (exact) mass is 405 g/mol. The second-order valence-electron chi connectivity index (χ2n) is 6.85. The van der Waals surface area contributed by atoms with E-state index in [1.807, 2.05) is 0 Å². The van der Waals surface area contributed by atoms with Crippen molar-refractivity contribution in [2.75, 3.05) is 0 Å². The van der Waals surface area contributed by atoms with Gasteiger partial charge >= 0.3 is 17.1 Å². The maximum atomic E-state index is 10.3. The molecule has 0 aromatic carbocycles. The summed E-state index contributed by atoms with van der Waals surface area (Å²) in [5.74, 6) is -2.37. The van der Waals surface area contributed by atoms with Gasteiger partial charge in [-0.3, -0.25) is 0 Å². The summed E-state index contributed by atoms with van der Waals surface area (Å²) in [5, 5.41) is 20.6. The number of carboxylic acid groups (broad SMARTS) is 2. The molecule has 5 heteroatoms. The quantitative estimate of drug-likeness (QED) is 0.327. The molecule has 0 bridgehead atoms. The van der Waals surface area contributed by atoms with E-state index in [2.05, 4.69) is 13.8 Å². The number of hydrogen-bond acceptors (Lipinski definition) is 4. The molecule has 0 aliphatic rings. The first kappa shape index (κ1) is 29.2. The molecule has 0 aliphatic carbocycles. The van der Waals surface area contributed by atoms with Gasteiger partial charge in [0.25, 0.3) is 0 Å². The van der Waals surface area contributed by atoms with Crippen molar-refractivity contribution in [1.82, 2.24) is 0 Å². The van der Waals surface area contributed by atoms with Gasteiger partial charge in [-0.05, 0) is 24.7 Å². The average Bonchev–Trinajstić information content (AvgIpc) is 2.54. The first-order valence-electron chi connectivity index (χ1n) is 9.78. The number of hydrogen-bond donors (Lipinski definition) is 0. The van der Waals surface area contributed by atoms with Crippen LogP contribution < -0.4 is 10.2 Å². The smallest absolute Gasteiger partial charge is 0.550 e. The van der Waals surface area contributed by atoms with Gasteiger partial charge in [0.1, 0.15) is 0 Å². The van der Waals surface area contributed by atoms with Crippen LogP contribution in [0.15, 0.2) is 0 Å². The number of unbranched alkanes of at least 4 members (excludes halogenated alkanes) is 8. The van der Waals surface area contributed by atoms with Crippen LogP contribution in [0.1, 0.15) is 105 Å². The van der Waals surface area contributed by atoms with Crippen LogP contribution in [0.3, 0.4) is 0 Å². The van der Waals surface area contributed by atoms with Crippen molar-refractivity contribution in [2.45, 2.75) is 105 Å². The van der Waals surface area contributed by atoms with Gasteiger partial charge in [-0.2, -0.15) is 0 Å². The Bertz CT molecular complexity index is 278. The molecule has 0 amide bonds. The van der Waals surface area contributed by atoms with Crippen LogP contribution in [-0.2, 0) is 26.7 Å². The number of rotatable bonds is 14. The Labute approximate surface area is 165 Å². The predicted molar refractivity (Wildman–Crippen MR) is 95.1 cm³/mol. The third kappa shape index (κ3) is 23.5. The second kappa shape index (κ2) is 21.5. The molecule has 0 aromatic heterocycles. The third-order valence-electron chi connectivity index (χ3n) is 4.29. The first-order valence-corrected chi connectivity index (χ1v) is 9.78. The van der Waals surface area contributed by atoms with Gasteiger partial charge in [0.15, 0.2) is 0 Å². The zero-order chi connectivity index (χ0) is 18.8. The number of carbonyl (C=O) groups excluding carboxylic acids is 2. The van der Waals surface area contributed by atoms with Crippen LogP contribution in [-0.4, -0.2) is 11.9 Å². The van der Waals surface area contributed by atoms with Crippen molar-refractivity contribution < 1.29 is 36.9 Å². The van der Waals surface area contributed by atoms with E-state index >= 15 is 0 Å². The molecule has 1 radical (unpaired) electrons. The van der Waals surface area contributed by atoms with Crippen molar-refractivity contribution in [3.63, 3.8) is 0 Å². The molecule has 0 rings (SSSR count). The van der Waals surface area contributed by atoms with Gasteiger partial charge in [0, 0.05) is 11.9 Å². The molecule has 2 unspecified atom stereocenters. The van der Waals surface area contributed by atoms with Crippen LogP contribution in [0.25, 0.3) is 0 Å². The van der Waals surface area contributed by atoms with Gasteiger partial charge in [-0.1, -0.05) is 91.9 Å². The summed E-state index contributed by atoms with van der Waals surface area (Å²) < 4.78 is 0. The van der Waals surface area contributed by atoms with E-state index in [-0.39, 0.29) is 28.9 Å². The van der Waals surface area contributed by atoms with Crippen LogP contribution in [0.4, 0.5) is 0 Å². The van der Waals surface area contributed by atoms with E-state index < -0.39 is 11.9 Å². The van der Waals surface area contributed by atoms with Gasteiger partial charge in [-0.25, -0.2) is 0 Å². The number of carboxylic acids is 2. The normalized spacial score (nSPS) is 12.3. The summed E-state index contributed by atoms with van der Waals surface area (Å²) in [6.07, 6.45) is 13.4. The fourth-order valence-corrected chi connectivity index (χ4v) is 2.34. The summed E-state index contributed by atoms with van der Waals surface area (Å²) in [5.41, 5.74) is 0. The summed E-state index contributed by atoms with van der Waals surface area (Å²) in [4.78, 5) is 20.6. The molecule has 25 heavy (non-hydrogen) atoms. The SMILES string of the molecule is CCCCCCCC(C)C(=O)[O-].CCCCCCCC(C)C(=O)[O-].[Cu+2]. The van der Waals surface area contributed by atoms with Crippen molar-refractivity contribution in [3.05, 3.63) is 0 Å². The van der Waals surface area contributed by atoms with Gasteiger partial charge < -0.3 is 19.8 Å². The molecule has 153 valence electrons. The Hall–Kier alpha value is -0.541. The Morgan fingerprint density at radius 2 is 0.920 bits per heavy atom. The topological polar surface area (TPSA) is 80.3 Å². The number of aliphatic carboxylic acids is 2. The molecular weight excluding hydrogens is 368 g/mol. The molecular formula is C20H38CuO4. The number of carbonyl (C=O) groups is 2. The van der Waals surface area contributed by atoms with E-state index in [0.717, 1.165) is 38.5 Å². The van der Waals surface area contributed by atoms with Crippen molar-refractivity contribution >= 4 is 11.9 Å². The fraction of sp³-hybridized carbons (Fsp3) is 0.900. The van der Waals surface area contributed by atoms with Crippen molar-refractivity contribution in [1.29, 1.82) is 0 Å². The average molecular weight is 406 g/mol. The molecule has 0 fully saturated rings. The zero-order valence-electron chi connectivity index (χ0n) is 16.6. The summed E-state index contributed by atoms with van der Waals surface area (Å²) in [6, 6.07) is 0. The Kier molecular flexibility index (Phi) is 25.1. The standard InChI is InChI=1S/2C10H20O2.Cu/c2*1-3-4-5-6-7-8-9(2)10(11)12;/h2*9H,3-8H2,1-2H3,(H,11,12);/q;;+2/p-2. The Morgan fingerprint density at radius 1 is 0.640 bits per heavy atom. The zero-order valence-corrected chi connectivity index (χ0v) is 17.5. The van der Waals surface area contributed by atoms with Gasteiger partial charge in [-0.15, -0.1) is 0 Å². The third-order valence-corrected chi connectivity index (χ3v) is 4.29. The van der Waals surface area contributed by atoms with E-state index in [4.69, 9.17) is 0 Å². The molecule has 0 aromatic rings. The largest absolute Gasteiger partial charge is 2.00 e. The first-order chi connectivity index (χ1) is 11.4. The molecule has 0 spiro atoms. The van der Waals surface area contributed by atoms with E-state index in [1.54, 1.807) is 13.8 Å². The minimum Gasteiger partial charge on any atom is -0.550 e. The summed E-state index contributed by atoms with van der Waals surface area (Å²) >= 11 is 0. The molecule has 0 N–H and O–H groups in total. The fourth-order valence-electron chi connectivity index (χ4n) is 2.34. The van der Waals surface area contributed by atoms with E-state index in [1.165, 1.54) is 38.5 Å². The molecule has 0 heterocycles. The maximum absolute atomic E-state index is 10.3. The minimum atomic E-state index is -0.912. The van der Waals surface area contributed by atoms with Crippen LogP contribution in [0, 0.1) is 11.8 Å². The molecule has 0 saturated heterocycles. The molecule has 0 aliphatic heterocycles. The summed E-state index contributed by atoms with van der Waals surface area (Å²) in [7, 11) is 0. The molecule has 0 saturated carbocycles. The van der Waals surface area contributed by atoms with Crippen molar-refractivity contribution in [3.8, 4) is 0 Å².